The zero-order valence-electron chi connectivity index (χ0n) is 8.61. The molecule has 0 aromatic carbocycles. The molecule has 6 nitrogen and oxygen atoms in total. The molecule has 0 unspecified atom stereocenters. The van der Waals surface area contributed by atoms with Gasteiger partial charge < -0.3 is 4.84 Å². The molecule has 6 heteroatoms. The molecule has 0 bridgehead atoms. The van der Waals surface area contributed by atoms with Gasteiger partial charge in [0.1, 0.15) is 0 Å². The lowest BCUT2D eigenvalue weighted by Crippen LogP contribution is -2.32. The van der Waals surface area contributed by atoms with E-state index in [1.165, 1.54) is 0 Å². The van der Waals surface area contributed by atoms with Gasteiger partial charge in [0.05, 0.1) is 12.5 Å². The van der Waals surface area contributed by atoms with Crippen molar-refractivity contribution in [1.82, 2.24) is 10.5 Å². The number of hydrazine groups is 1. The molecule has 1 aliphatic rings. The van der Waals surface area contributed by atoms with Crippen molar-refractivity contribution in [3.8, 4) is 6.07 Å². The minimum atomic E-state index is -0.375. The number of rotatable bonds is 7. The first-order valence-electron chi connectivity index (χ1n) is 5.04. The molecular weight excluding hydrogens is 196 g/mol. The minimum Gasteiger partial charge on any atom is -0.356 e. The van der Waals surface area contributed by atoms with Gasteiger partial charge in [-0.25, -0.2) is 5.84 Å². The summed E-state index contributed by atoms with van der Waals surface area (Å²) < 4.78 is 0. The van der Waals surface area contributed by atoms with E-state index in [0.29, 0.717) is 25.4 Å². The highest BCUT2D eigenvalue weighted by Crippen LogP contribution is 2.26. The van der Waals surface area contributed by atoms with Gasteiger partial charge in [-0.1, -0.05) is 5.59 Å². The SMILES string of the molecule is N#CCCN(CCC(=O)ONN)C1CC1. The van der Waals surface area contributed by atoms with Gasteiger partial charge >= 0.3 is 5.97 Å². The van der Waals surface area contributed by atoms with Crippen molar-refractivity contribution >= 4 is 5.97 Å². The van der Waals surface area contributed by atoms with Crippen LogP contribution >= 0.6 is 0 Å². The summed E-state index contributed by atoms with van der Waals surface area (Å²) in [6.07, 6.45) is 3.12. The molecule has 1 saturated carbocycles. The molecular formula is C9H16N4O2. The number of nitrogens with zero attached hydrogens (tertiary/aromatic N) is 2. The van der Waals surface area contributed by atoms with Crippen molar-refractivity contribution in [3.05, 3.63) is 0 Å². The van der Waals surface area contributed by atoms with Crippen LogP contribution in [0.1, 0.15) is 25.7 Å². The number of hydrogen-bond acceptors (Lipinski definition) is 6. The van der Waals surface area contributed by atoms with Crippen LogP contribution in [-0.4, -0.2) is 30.0 Å². The number of nitrogens with two attached hydrogens (primary N) is 1. The lowest BCUT2D eigenvalue weighted by Gasteiger charge is -2.19. The average Bonchev–Trinajstić information content (AvgIpc) is 3.02. The molecule has 3 N–H and O–H groups in total. The largest absolute Gasteiger partial charge is 0.356 e. The fourth-order valence-corrected chi connectivity index (χ4v) is 1.46. The van der Waals surface area contributed by atoms with Crippen molar-refractivity contribution in [1.29, 1.82) is 5.26 Å². The van der Waals surface area contributed by atoms with Crippen LogP contribution in [0.2, 0.25) is 0 Å². The van der Waals surface area contributed by atoms with Crippen molar-refractivity contribution in [3.63, 3.8) is 0 Å². The van der Waals surface area contributed by atoms with Crippen LogP contribution in [0.3, 0.4) is 0 Å². The van der Waals surface area contributed by atoms with E-state index in [1.807, 2.05) is 5.59 Å². The molecule has 0 radical (unpaired) electrons. The normalized spacial score (nSPS) is 15.0. The topological polar surface area (TPSA) is 91.4 Å². The van der Waals surface area contributed by atoms with Gasteiger partial charge in [-0.15, -0.1) is 0 Å². The predicted molar refractivity (Wildman–Crippen MR) is 52.9 cm³/mol. The molecule has 15 heavy (non-hydrogen) atoms. The maximum atomic E-state index is 11.0. The van der Waals surface area contributed by atoms with Crippen molar-refractivity contribution in [2.75, 3.05) is 13.1 Å². The van der Waals surface area contributed by atoms with E-state index in [0.717, 1.165) is 19.4 Å². The summed E-state index contributed by atoms with van der Waals surface area (Å²) in [6.45, 7) is 1.36. The molecule has 1 rings (SSSR count). The summed E-state index contributed by atoms with van der Waals surface area (Å²) in [6, 6.07) is 2.66. The number of nitriles is 1. The number of hydrogen-bond donors (Lipinski definition) is 2. The second-order valence-electron chi connectivity index (χ2n) is 3.52. The number of nitrogens with one attached hydrogen (secondary N) is 1. The Hall–Kier alpha value is -1.16. The fraction of sp³-hybridized carbons (Fsp3) is 0.778. The third kappa shape index (κ3) is 4.74. The highest BCUT2D eigenvalue weighted by atomic mass is 16.7. The fourth-order valence-electron chi connectivity index (χ4n) is 1.46. The molecule has 0 aliphatic heterocycles. The maximum absolute atomic E-state index is 11.0. The highest BCUT2D eigenvalue weighted by Gasteiger charge is 2.28. The third-order valence-corrected chi connectivity index (χ3v) is 2.35. The molecule has 1 fully saturated rings. The zero-order valence-corrected chi connectivity index (χ0v) is 8.61. The second kappa shape index (κ2) is 6.35. The Morgan fingerprint density at radius 2 is 2.33 bits per heavy atom. The van der Waals surface area contributed by atoms with Crippen LogP contribution in [0.4, 0.5) is 0 Å². The van der Waals surface area contributed by atoms with Crippen LogP contribution in [0.25, 0.3) is 0 Å². The lowest BCUT2D eigenvalue weighted by molar-refractivity contribution is -0.151. The summed E-state index contributed by atoms with van der Waals surface area (Å²) in [5.74, 6) is 4.46. The Morgan fingerprint density at radius 1 is 1.60 bits per heavy atom. The Labute approximate surface area is 88.9 Å². The van der Waals surface area contributed by atoms with Gasteiger partial charge in [0, 0.05) is 25.6 Å². The molecule has 84 valence electrons. The van der Waals surface area contributed by atoms with E-state index >= 15 is 0 Å². The van der Waals surface area contributed by atoms with Gasteiger partial charge in [-0.3, -0.25) is 9.69 Å². The van der Waals surface area contributed by atoms with E-state index in [4.69, 9.17) is 11.1 Å². The second-order valence-corrected chi connectivity index (χ2v) is 3.52. The van der Waals surface area contributed by atoms with Crippen LogP contribution in [0.15, 0.2) is 0 Å². The lowest BCUT2D eigenvalue weighted by atomic mass is 10.3. The summed E-state index contributed by atoms with van der Waals surface area (Å²) in [7, 11) is 0. The zero-order chi connectivity index (χ0) is 11.1. The van der Waals surface area contributed by atoms with Crippen LogP contribution in [-0.2, 0) is 9.63 Å². The molecule has 0 amide bonds. The monoisotopic (exact) mass is 212 g/mol. The first-order valence-corrected chi connectivity index (χ1v) is 5.04. The summed E-state index contributed by atoms with van der Waals surface area (Å²) in [5.41, 5.74) is 1.86. The first-order chi connectivity index (χ1) is 7.27. The number of carbonyl (C=O) groups is 1. The molecule has 0 atom stereocenters. The predicted octanol–water partition coefficient (Wildman–Crippen LogP) is -0.324. The molecule has 0 aromatic rings. The van der Waals surface area contributed by atoms with Crippen LogP contribution < -0.4 is 11.4 Å². The first kappa shape index (κ1) is 11.9. The number of carbonyl (C=O) groups excluding carboxylic acids is 1. The average molecular weight is 212 g/mol. The summed E-state index contributed by atoms with van der Waals surface area (Å²) in [4.78, 5) is 17.6. The van der Waals surface area contributed by atoms with E-state index in [-0.39, 0.29) is 5.97 Å². The van der Waals surface area contributed by atoms with Crippen LogP contribution in [0, 0.1) is 11.3 Å². The van der Waals surface area contributed by atoms with Crippen molar-refractivity contribution in [2.45, 2.75) is 31.7 Å². The van der Waals surface area contributed by atoms with Crippen molar-refractivity contribution in [2.24, 2.45) is 5.84 Å². The molecule has 0 heterocycles. The Bertz CT molecular complexity index is 247. The molecule has 0 spiro atoms. The molecule has 0 aromatic heterocycles. The summed E-state index contributed by atoms with van der Waals surface area (Å²) >= 11 is 0. The Morgan fingerprint density at radius 3 is 2.87 bits per heavy atom. The van der Waals surface area contributed by atoms with Crippen molar-refractivity contribution < 1.29 is 9.63 Å². The van der Waals surface area contributed by atoms with Gasteiger partial charge in [-0.05, 0) is 12.8 Å². The highest BCUT2D eigenvalue weighted by molar-refractivity contribution is 5.69. The van der Waals surface area contributed by atoms with Gasteiger partial charge in [0.25, 0.3) is 0 Å². The van der Waals surface area contributed by atoms with E-state index in [9.17, 15) is 4.79 Å². The third-order valence-electron chi connectivity index (χ3n) is 2.35. The minimum absolute atomic E-state index is 0.298. The van der Waals surface area contributed by atoms with Gasteiger partial charge in [-0.2, -0.15) is 5.26 Å². The quantitative estimate of drug-likeness (QED) is 0.444. The molecule has 0 saturated heterocycles. The summed E-state index contributed by atoms with van der Waals surface area (Å²) in [5, 5.41) is 8.48. The standard InChI is InChI=1S/C9H16N4O2/c10-5-1-6-13(8-2-3-8)7-4-9(14)15-12-11/h8,12H,1-4,6-7,11H2. The molecule has 1 aliphatic carbocycles. The van der Waals surface area contributed by atoms with E-state index in [2.05, 4.69) is 15.8 Å². The van der Waals surface area contributed by atoms with E-state index in [1.54, 1.807) is 0 Å². The Balaban J connectivity index is 2.19. The smallest absolute Gasteiger partial charge is 0.327 e. The maximum Gasteiger partial charge on any atom is 0.327 e. The Kier molecular flexibility index (Phi) is 5.04. The van der Waals surface area contributed by atoms with Crippen LogP contribution in [0.5, 0.6) is 0 Å². The van der Waals surface area contributed by atoms with Gasteiger partial charge in [0.15, 0.2) is 0 Å². The van der Waals surface area contributed by atoms with E-state index < -0.39 is 0 Å². The van der Waals surface area contributed by atoms with Gasteiger partial charge in [0.2, 0.25) is 0 Å².